The fourth-order valence-corrected chi connectivity index (χ4v) is 2.84. The van der Waals surface area contributed by atoms with Crippen LogP contribution in [0, 0.1) is 5.82 Å². The number of carbonyl (C=O) groups is 2. The molecule has 1 aliphatic rings. The molecule has 2 amide bonds. The lowest BCUT2D eigenvalue weighted by Crippen LogP contribution is -2.49. The maximum Gasteiger partial charge on any atom is 0.409 e. The summed E-state index contributed by atoms with van der Waals surface area (Å²) in [6.45, 7) is 4.48. The van der Waals surface area contributed by atoms with Gasteiger partial charge in [-0.3, -0.25) is 4.79 Å². The molecule has 9 heteroatoms. The molecule has 0 spiro atoms. The van der Waals surface area contributed by atoms with Crippen LogP contribution < -0.4 is 10.2 Å². The molecule has 148 valence electrons. The molecular weight excluding hydrogens is 365 g/mol. The van der Waals surface area contributed by atoms with E-state index in [9.17, 15) is 14.0 Å². The van der Waals surface area contributed by atoms with Gasteiger partial charge in [0.2, 0.25) is 0 Å². The first-order valence-electron chi connectivity index (χ1n) is 9.08. The highest BCUT2D eigenvalue weighted by atomic mass is 19.1. The predicted molar refractivity (Wildman–Crippen MR) is 100 cm³/mol. The van der Waals surface area contributed by atoms with Gasteiger partial charge in [-0.1, -0.05) is 18.2 Å². The molecule has 2 heterocycles. The van der Waals surface area contributed by atoms with Crippen molar-refractivity contribution in [3.63, 3.8) is 0 Å². The first-order valence-corrected chi connectivity index (χ1v) is 9.08. The zero-order chi connectivity index (χ0) is 19.9. The van der Waals surface area contributed by atoms with Crippen molar-refractivity contribution >= 4 is 17.8 Å². The third-order valence-electron chi connectivity index (χ3n) is 4.40. The van der Waals surface area contributed by atoms with Gasteiger partial charge in [-0.2, -0.15) is 0 Å². The maximum atomic E-state index is 13.6. The van der Waals surface area contributed by atoms with E-state index in [1.807, 2.05) is 4.90 Å². The quantitative estimate of drug-likeness (QED) is 0.842. The van der Waals surface area contributed by atoms with Gasteiger partial charge in [-0.15, -0.1) is 0 Å². The molecule has 28 heavy (non-hydrogen) atoms. The van der Waals surface area contributed by atoms with Gasteiger partial charge in [-0.25, -0.2) is 19.2 Å². The van der Waals surface area contributed by atoms with Crippen LogP contribution in [-0.4, -0.2) is 59.7 Å². The van der Waals surface area contributed by atoms with Gasteiger partial charge in [0.1, 0.15) is 17.3 Å². The summed E-state index contributed by atoms with van der Waals surface area (Å²) in [7, 11) is 0. The summed E-state index contributed by atoms with van der Waals surface area (Å²) in [5.41, 5.74) is 0.560. The lowest BCUT2D eigenvalue weighted by Gasteiger charge is -2.34. The minimum Gasteiger partial charge on any atom is -0.450 e. The number of anilines is 1. The van der Waals surface area contributed by atoms with Crippen molar-refractivity contribution in [2.45, 2.75) is 13.5 Å². The predicted octanol–water partition coefficient (Wildman–Crippen LogP) is 1.82. The number of carbonyl (C=O) groups excluding carboxylic acids is 2. The number of hydrogen-bond donors (Lipinski definition) is 1. The largest absolute Gasteiger partial charge is 0.450 e. The second-order valence-electron chi connectivity index (χ2n) is 6.21. The van der Waals surface area contributed by atoms with Gasteiger partial charge in [0.05, 0.1) is 19.0 Å². The Morgan fingerprint density at radius 1 is 1.14 bits per heavy atom. The Morgan fingerprint density at radius 3 is 2.54 bits per heavy atom. The van der Waals surface area contributed by atoms with Gasteiger partial charge in [0.15, 0.2) is 0 Å². The molecule has 1 fully saturated rings. The van der Waals surface area contributed by atoms with E-state index in [2.05, 4.69) is 15.3 Å². The Kier molecular flexibility index (Phi) is 6.36. The fraction of sp³-hybridized carbons (Fsp3) is 0.368. The fourth-order valence-electron chi connectivity index (χ4n) is 2.84. The first kappa shape index (κ1) is 19.5. The topological polar surface area (TPSA) is 87.7 Å². The molecule has 0 bridgehead atoms. The molecule has 1 saturated heterocycles. The zero-order valence-corrected chi connectivity index (χ0v) is 15.6. The van der Waals surface area contributed by atoms with E-state index >= 15 is 0 Å². The van der Waals surface area contributed by atoms with E-state index in [0.717, 1.165) is 0 Å². The van der Waals surface area contributed by atoms with Crippen LogP contribution >= 0.6 is 0 Å². The third kappa shape index (κ3) is 4.73. The number of amides is 2. The molecule has 0 atom stereocenters. The number of piperazine rings is 1. The Morgan fingerprint density at radius 2 is 1.89 bits per heavy atom. The second kappa shape index (κ2) is 9.12. The van der Waals surface area contributed by atoms with Gasteiger partial charge in [0.25, 0.3) is 5.91 Å². The van der Waals surface area contributed by atoms with Crippen LogP contribution in [-0.2, 0) is 11.3 Å². The molecule has 8 nitrogen and oxygen atoms in total. The normalized spacial score (nSPS) is 13.9. The number of nitrogens with zero attached hydrogens (tertiary/aromatic N) is 4. The van der Waals surface area contributed by atoms with Crippen molar-refractivity contribution in [3.05, 3.63) is 53.7 Å². The third-order valence-corrected chi connectivity index (χ3v) is 4.40. The molecule has 0 saturated carbocycles. The highest BCUT2D eigenvalue weighted by molar-refractivity contribution is 5.91. The Bertz CT molecular complexity index is 823. The van der Waals surface area contributed by atoms with Crippen molar-refractivity contribution in [1.82, 2.24) is 20.2 Å². The van der Waals surface area contributed by atoms with Gasteiger partial charge < -0.3 is 19.9 Å². The summed E-state index contributed by atoms with van der Waals surface area (Å²) in [4.78, 5) is 36.0. The summed E-state index contributed by atoms with van der Waals surface area (Å²) in [5, 5.41) is 2.63. The molecule has 1 aromatic heterocycles. The molecule has 2 aromatic rings. The zero-order valence-electron chi connectivity index (χ0n) is 15.6. The van der Waals surface area contributed by atoms with Crippen molar-refractivity contribution in [3.8, 4) is 0 Å². The minimum absolute atomic E-state index is 0.0742. The summed E-state index contributed by atoms with van der Waals surface area (Å²) < 4.78 is 18.6. The highest BCUT2D eigenvalue weighted by Gasteiger charge is 2.23. The van der Waals surface area contributed by atoms with Gasteiger partial charge in [-0.05, 0) is 13.0 Å². The van der Waals surface area contributed by atoms with Crippen molar-refractivity contribution in [2.75, 3.05) is 37.7 Å². The van der Waals surface area contributed by atoms with E-state index in [1.54, 1.807) is 30.0 Å². The first-order chi connectivity index (χ1) is 13.6. The molecule has 0 aliphatic carbocycles. The highest BCUT2D eigenvalue weighted by Crippen LogP contribution is 2.13. The number of hydrogen-bond acceptors (Lipinski definition) is 6. The van der Waals surface area contributed by atoms with E-state index in [-0.39, 0.29) is 24.1 Å². The monoisotopic (exact) mass is 387 g/mol. The SMILES string of the molecule is CCOC(=O)N1CCN(c2cnc(C(=O)NCc3ccccc3F)cn2)CC1. The van der Waals surface area contributed by atoms with E-state index in [1.165, 1.54) is 18.5 Å². The summed E-state index contributed by atoms with van der Waals surface area (Å²) in [5.74, 6) is -0.158. The number of rotatable bonds is 5. The van der Waals surface area contributed by atoms with Gasteiger partial charge >= 0.3 is 6.09 Å². The molecule has 0 radical (unpaired) electrons. The minimum atomic E-state index is -0.422. The van der Waals surface area contributed by atoms with Gasteiger partial charge in [0, 0.05) is 38.3 Å². The Balaban J connectivity index is 1.53. The number of ether oxygens (including phenoxy) is 1. The standard InChI is InChI=1S/C19H22FN5O3/c1-2-28-19(27)25-9-7-24(8-10-25)17-13-21-16(12-22-17)18(26)23-11-14-5-3-4-6-15(14)20/h3-6,12-13H,2,7-11H2,1H3,(H,23,26). The van der Waals surface area contributed by atoms with Crippen LogP contribution in [0.15, 0.2) is 36.7 Å². The van der Waals surface area contributed by atoms with Crippen molar-refractivity contribution in [2.24, 2.45) is 0 Å². The maximum absolute atomic E-state index is 13.6. The van der Waals surface area contributed by atoms with E-state index in [4.69, 9.17) is 4.74 Å². The number of aromatic nitrogens is 2. The average molecular weight is 387 g/mol. The van der Waals surface area contributed by atoms with Crippen LogP contribution in [0.1, 0.15) is 23.0 Å². The summed E-state index contributed by atoms with van der Waals surface area (Å²) >= 11 is 0. The molecule has 0 unspecified atom stereocenters. The van der Waals surface area contributed by atoms with Crippen molar-refractivity contribution in [1.29, 1.82) is 0 Å². The lowest BCUT2D eigenvalue weighted by molar-refractivity contribution is 0.0944. The van der Waals surface area contributed by atoms with E-state index < -0.39 is 5.91 Å². The molecule has 1 aliphatic heterocycles. The average Bonchev–Trinajstić information content (AvgIpc) is 2.73. The molecular formula is C19H22FN5O3. The smallest absolute Gasteiger partial charge is 0.409 e. The Hall–Kier alpha value is -3.23. The lowest BCUT2D eigenvalue weighted by atomic mass is 10.2. The molecule has 1 aromatic carbocycles. The number of benzene rings is 1. The van der Waals surface area contributed by atoms with Crippen molar-refractivity contribution < 1.29 is 18.7 Å². The summed E-state index contributed by atoms with van der Waals surface area (Å²) in [6.07, 6.45) is 2.61. The van der Waals surface area contributed by atoms with Crippen LogP contribution in [0.3, 0.4) is 0 Å². The van der Waals surface area contributed by atoms with Crippen LogP contribution in [0.2, 0.25) is 0 Å². The van der Waals surface area contributed by atoms with Crippen LogP contribution in [0.4, 0.5) is 15.0 Å². The van der Waals surface area contributed by atoms with Crippen LogP contribution in [0.5, 0.6) is 0 Å². The molecule has 3 rings (SSSR count). The Labute approximate surface area is 162 Å². The summed E-state index contributed by atoms with van der Waals surface area (Å²) in [6, 6.07) is 6.26. The molecule has 1 N–H and O–H groups in total. The number of halogens is 1. The van der Waals surface area contributed by atoms with E-state index in [0.29, 0.717) is 44.2 Å². The van der Waals surface area contributed by atoms with Crippen LogP contribution in [0.25, 0.3) is 0 Å². The number of nitrogens with one attached hydrogen (secondary N) is 1. The second-order valence-corrected chi connectivity index (χ2v) is 6.21.